The predicted octanol–water partition coefficient (Wildman–Crippen LogP) is 1.37. The fourth-order valence-electron chi connectivity index (χ4n) is 2.16. The van der Waals surface area contributed by atoms with Gasteiger partial charge in [-0.1, -0.05) is 6.08 Å². The van der Waals surface area contributed by atoms with Gasteiger partial charge >= 0.3 is 0 Å². The van der Waals surface area contributed by atoms with Crippen molar-refractivity contribution >= 4 is 9.52 Å². The van der Waals surface area contributed by atoms with Crippen molar-refractivity contribution in [2.75, 3.05) is 6.54 Å². The van der Waals surface area contributed by atoms with E-state index in [4.69, 9.17) is 0 Å². The second-order valence-corrected chi connectivity index (χ2v) is 6.17. The van der Waals surface area contributed by atoms with E-state index in [2.05, 4.69) is 34.1 Å². The van der Waals surface area contributed by atoms with Crippen LogP contribution >= 0.6 is 0 Å². The fraction of sp³-hybridized carbons (Fsp3) is 0.417. The topological polar surface area (TPSA) is 40.7 Å². The minimum atomic E-state index is -0.317. The Balaban J connectivity index is 2.10. The molecule has 4 heteroatoms. The van der Waals surface area contributed by atoms with Crippen LogP contribution in [0.4, 0.5) is 0 Å². The monoisotopic (exact) mass is 233 g/mol. The molecule has 1 aliphatic rings. The van der Waals surface area contributed by atoms with Gasteiger partial charge < -0.3 is 10.3 Å². The summed E-state index contributed by atoms with van der Waals surface area (Å²) in [6, 6.07) is 0.421. The summed E-state index contributed by atoms with van der Waals surface area (Å²) in [5.74, 6) is 1.08. The van der Waals surface area contributed by atoms with E-state index >= 15 is 0 Å². The number of rotatable bonds is 5. The van der Waals surface area contributed by atoms with E-state index in [1.807, 2.05) is 12.3 Å². The lowest BCUT2D eigenvalue weighted by Gasteiger charge is -2.08. The number of aromatic nitrogens is 2. The van der Waals surface area contributed by atoms with Crippen molar-refractivity contribution in [3.8, 4) is 0 Å². The van der Waals surface area contributed by atoms with Crippen LogP contribution in [0.2, 0.25) is 0 Å². The van der Waals surface area contributed by atoms with Crippen LogP contribution in [-0.4, -0.2) is 26.0 Å². The Morgan fingerprint density at radius 1 is 1.56 bits per heavy atom. The van der Waals surface area contributed by atoms with Crippen LogP contribution in [-0.2, 0) is 0 Å². The van der Waals surface area contributed by atoms with Crippen LogP contribution in [0, 0.1) is 0 Å². The lowest BCUT2D eigenvalue weighted by molar-refractivity contribution is 0.611. The number of hydrogen-bond donors (Lipinski definition) is 2. The Bertz CT molecular complexity index is 366. The Hall–Kier alpha value is -1.13. The first-order valence-corrected chi connectivity index (χ1v) is 7.50. The quantitative estimate of drug-likeness (QED) is 0.596. The van der Waals surface area contributed by atoms with Crippen molar-refractivity contribution in [3.63, 3.8) is 0 Å². The average molecular weight is 233 g/mol. The van der Waals surface area contributed by atoms with Crippen molar-refractivity contribution in [1.29, 1.82) is 0 Å². The first kappa shape index (κ1) is 11.4. The standard InChI is InChI=1S/C12H19N3Si/c1-3-11(16-4-2)10-8-14-12(15-10)9-6-5-7-13-9/h3-4,8-9,11,13H,1-2,5-7,16H2,(H,14,15). The molecule has 2 rings (SSSR count). The minimum absolute atomic E-state index is 0.317. The van der Waals surface area contributed by atoms with Gasteiger partial charge in [0, 0.05) is 17.4 Å². The van der Waals surface area contributed by atoms with Crippen LogP contribution in [0.3, 0.4) is 0 Å². The molecule has 0 amide bonds. The zero-order chi connectivity index (χ0) is 11.4. The van der Waals surface area contributed by atoms with E-state index in [1.54, 1.807) is 0 Å². The number of hydrogen-bond acceptors (Lipinski definition) is 2. The highest BCUT2D eigenvalue weighted by molar-refractivity contribution is 6.44. The highest BCUT2D eigenvalue weighted by Crippen LogP contribution is 2.22. The average Bonchev–Trinajstić information content (AvgIpc) is 2.95. The second kappa shape index (κ2) is 5.27. The molecule has 1 aromatic heterocycles. The number of nitrogens with zero attached hydrogens (tertiary/aromatic N) is 1. The molecular formula is C12H19N3Si. The number of imidazole rings is 1. The molecule has 86 valence electrons. The number of aromatic amines is 1. The Labute approximate surface area is 98.9 Å². The zero-order valence-electron chi connectivity index (χ0n) is 9.58. The van der Waals surface area contributed by atoms with Crippen molar-refractivity contribution in [2.45, 2.75) is 24.4 Å². The van der Waals surface area contributed by atoms with Crippen LogP contribution in [0.5, 0.6) is 0 Å². The lowest BCUT2D eigenvalue weighted by atomic mass is 10.2. The van der Waals surface area contributed by atoms with Gasteiger partial charge in [-0.3, -0.25) is 0 Å². The summed E-state index contributed by atoms with van der Waals surface area (Å²) in [4.78, 5) is 7.90. The van der Waals surface area contributed by atoms with Crippen LogP contribution in [0.25, 0.3) is 0 Å². The lowest BCUT2D eigenvalue weighted by Crippen LogP contribution is -2.14. The van der Waals surface area contributed by atoms with Gasteiger partial charge in [0.15, 0.2) is 0 Å². The molecule has 3 nitrogen and oxygen atoms in total. The molecule has 1 aliphatic heterocycles. The summed E-state index contributed by atoms with van der Waals surface area (Å²) in [6.45, 7) is 8.82. The minimum Gasteiger partial charge on any atom is -0.344 e. The van der Waals surface area contributed by atoms with Gasteiger partial charge in [0.2, 0.25) is 0 Å². The van der Waals surface area contributed by atoms with Gasteiger partial charge in [0.05, 0.1) is 15.6 Å². The van der Waals surface area contributed by atoms with Crippen LogP contribution < -0.4 is 5.32 Å². The molecule has 1 saturated heterocycles. The van der Waals surface area contributed by atoms with Gasteiger partial charge in [-0.2, -0.15) is 0 Å². The zero-order valence-corrected chi connectivity index (χ0v) is 11.0. The molecular weight excluding hydrogens is 214 g/mol. The summed E-state index contributed by atoms with van der Waals surface area (Å²) in [6.07, 6.45) is 6.39. The third kappa shape index (κ3) is 2.33. The van der Waals surface area contributed by atoms with Gasteiger partial charge in [-0.05, 0) is 19.4 Å². The van der Waals surface area contributed by atoms with Crippen molar-refractivity contribution in [3.05, 3.63) is 42.6 Å². The summed E-state index contributed by atoms with van der Waals surface area (Å²) in [5.41, 5.74) is 3.70. The van der Waals surface area contributed by atoms with Crippen molar-refractivity contribution in [1.82, 2.24) is 15.3 Å². The van der Waals surface area contributed by atoms with Crippen LogP contribution in [0.1, 0.15) is 35.9 Å². The summed E-state index contributed by atoms with van der Waals surface area (Å²) in [7, 11) is -0.317. The normalized spacial score (nSPS) is 22.6. The molecule has 0 bridgehead atoms. The molecule has 2 heterocycles. The van der Waals surface area contributed by atoms with E-state index in [9.17, 15) is 0 Å². The van der Waals surface area contributed by atoms with Gasteiger partial charge in [0.25, 0.3) is 0 Å². The number of nitrogens with one attached hydrogen (secondary N) is 2. The molecule has 16 heavy (non-hydrogen) atoms. The van der Waals surface area contributed by atoms with Gasteiger partial charge in [-0.15, -0.1) is 18.9 Å². The maximum absolute atomic E-state index is 4.47. The molecule has 0 radical (unpaired) electrons. The maximum atomic E-state index is 4.47. The molecule has 0 aromatic carbocycles. The maximum Gasteiger partial charge on any atom is 0.123 e. The molecule has 2 atom stereocenters. The highest BCUT2D eigenvalue weighted by Gasteiger charge is 2.20. The van der Waals surface area contributed by atoms with E-state index in [0.717, 1.165) is 12.4 Å². The molecule has 0 aliphatic carbocycles. The first-order valence-electron chi connectivity index (χ1n) is 5.86. The third-order valence-corrected chi connectivity index (χ3v) is 4.72. The Morgan fingerprint density at radius 2 is 2.44 bits per heavy atom. The highest BCUT2D eigenvalue weighted by atomic mass is 28.2. The fourth-order valence-corrected chi connectivity index (χ4v) is 3.18. The van der Waals surface area contributed by atoms with E-state index in [1.165, 1.54) is 18.5 Å². The van der Waals surface area contributed by atoms with E-state index in [-0.39, 0.29) is 9.52 Å². The number of allylic oxidation sites excluding steroid dienone is 1. The SMILES string of the molecule is C=C[SiH2]C(C=C)c1cnc(C2CCCN2)[nH]1. The Morgan fingerprint density at radius 3 is 3.06 bits per heavy atom. The third-order valence-electron chi connectivity index (χ3n) is 3.11. The van der Waals surface area contributed by atoms with Crippen LogP contribution in [0.15, 0.2) is 31.1 Å². The molecule has 0 spiro atoms. The summed E-state index contributed by atoms with van der Waals surface area (Å²) < 4.78 is 0. The van der Waals surface area contributed by atoms with E-state index in [0.29, 0.717) is 11.6 Å². The second-order valence-electron chi connectivity index (χ2n) is 4.24. The molecule has 1 aromatic rings. The predicted molar refractivity (Wildman–Crippen MR) is 70.2 cm³/mol. The van der Waals surface area contributed by atoms with Crippen molar-refractivity contribution in [2.24, 2.45) is 0 Å². The van der Waals surface area contributed by atoms with Gasteiger partial charge in [-0.25, -0.2) is 4.98 Å². The molecule has 1 fully saturated rings. The first-order chi connectivity index (χ1) is 7.85. The number of H-pyrrole nitrogens is 1. The summed E-state index contributed by atoms with van der Waals surface area (Å²) >= 11 is 0. The smallest absolute Gasteiger partial charge is 0.123 e. The summed E-state index contributed by atoms with van der Waals surface area (Å²) in [5, 5.41) is 3.45. The Kier molecular flexibility index (Phi) is 3.74. The van der Waals surface area contributed by atoms with Gasteiger partial charge in [0.1, 0.15) is 5.82 Å². The molecule has 2 N–H and O–H groups in total. The molecule has 0 saturated carbocycles. The molecule has 2 unspecified atom stereocenters. The largest absolute Gasteiger partial charge is 0.344 e. The van der Waals surface area contributed by atoms with E-state index < -0.39 is 0 Å². The van der Waals surface area contributed by atoms with Crippen molar-refractivity contribution < 1.29 is 0 Å².